The highest BCUT2D eigenvalue weighted by Crippen LogP contribution is 2.20. The molecule has 6 heteroatoms. The molecule has 0 radical (unpaired) electrons. The van der Waals surface area contributed by atoms with Gasteiger partial charge in [-0.3, -0.25) is 10.1 Å². The summed E-state index contributed by atoms with van der Waals surface area (Å²) in [6.07, 6.45) is 5.57. The van der Waals surface area contributed by atoms with Crippen molar-refractivity contribution in [3.8, 4) is 0 Å². The summed E-state index contributed by atoms with van der Waals surface area (Å²) in [6, 6.07) is 17.7. The molecule has 2 heterocycles. The topological polar surface area (TPSA) is 83.8 Å². The lowest BCUT2D eigenvalue weighted by Gasteiger charge is -1.96. The van der Waals surface area contributed by atoms with E-state index in [-0.39, 0.29) is 11.9 Å². The maximum absolute atomic E-state index is 12.0. The summed E-state index contributed by atoms with van der Waals surface area (Å²) >= 11 is 0. The van der Waals surface area contributed by atoms with Gasteiger partial charge in [0.1, 0.15) is 0 Å². The Hall–Kier alpha value is -3.67. The number of carbonyl (C=O) groups excluding carboxylic acids is 1. The van der Waals surface area contributed by atoms with E-state index in [1.54, 1.807) is 6.08 Å². The van der Waals surface area contributed by atoms with Gasteiger partial charge in [0, 0.05) is 23.2 Å². The fourth-order valence-electron chi connectivity index (χ4n) is 2.70. The van der Waals surface area contributed by atoms with Gasteiger partial charge in [-0.1, -0.05) is 53.6 Å². The predicted molar refractivity (Wildman–Crippen MR) is 99.5 cm³/mol. The number of rotatable bonds is 5. The molecule has 0 saturated heterocycles. The van der Waals surface area contributed by atoms with Crippen molar-refractivity contribution in [2.75, 3.05) is 5.32 Å². The summed E-state index contributed by atoms with van der Waals surface area (Å²) in [6.45, 7) is 0. The highest BCUT2D eigenvalue weighted by atomic mass is 16.4. The highest BCUT2D eigenvalue weighted by molar-refractivity contribution is 6.00. The second-order valence-electron chi connectivity index (χ2n) is 5.77. The van der Waals surface area contributed by atoms with Crippen LogP contribution in [0, 0.1) is 0 Å². The minimum absolute atomic E-state index is 0.0857. The third-order valence-electron chi connectivity index (χ3n) is 3.94. The van der Waals surface area contributed by atoms with Crippen LogP contribution < -0.4 is 5.32 Å². The van der Waals surface area contributed by atoms with Crippen LogP contribution in [0.15, 0.2) is 71.3 Å². The number of benzene rings is 2. The van der Waals surface area contributed by atoms with Gasteiger partial charge in [-0.2, -0.15) is 0 Å². The average molecular weight is 344 g/mol. The number of aromatic amines is 1. The van der Waals surface area contributed by atoms with Gasteiger partial charge in [-0.25, -0.2) is 0 Å². The molecule has 6 nitrogen and oxygen atoms in total. The zero-order valence-corrected chi connectivity index (χ0v) is 13.8. The number of amides is 1. The summed E-state index contributed by atoms with van der Waals surface area (Å²) in [4.78, 5) is 15.2. The lowest BCUT2D eigenvalue weighted by molar-refractivity contribution is -0.112. The van der Waals surface area contributed by atoms with E-state index in [1.165, 1.54) is 6.08 Å². The Morgan fingerprint density at radius 3 is 2.77 bits per heavy atom. The lowest BCUT2D eigenvalue weighted by atomic mass is 10.1. The number of nitrogens with zero attached hydrogens (tertiary/aromatic N) is 2. The van der Waals surface area contributed by atoms with Gasteiger partial charge in [-0.05, 0) is 23.3 Å². The Kier molecular flexibility index (Phi) is 4.30. The van der Waals surface area contributed by atoms with Crippen molar-refractivity contribution in [1.82, 2.24) is 15.2 Å². The van der Waals surface area contributed by atoms with Crippen LogP contribution in [0.1, 0.15) is 17.0 Å². The van der Waals surface area contributed by atoms with Gasteiger partial charge in [0.25, 0.3) is 5.91 Å². The van der Waals surface area contributed by atoms with E-state index in [0.29, 0.717) is 12.3 Å². The quantitative estimate of drug-likeness (QED) is 0.540. The van der Waals surface area contributed by atoms with Crippen LogP contribution in [0.25, 0.3) is 17.0 Å². The van der Waals surface area contributed by atoms with E-state index < -0.39 is 0 Å². The van der Waals surface area contributed by atoms with Crippen LogP contribution in [0.2, 0.25) is 0 Å². The second kappa shape index (κ2) is 7.06. The molecule has 2 N–H and O–H groups in total. The zero-order valence-electron chi connectivity index (χ0n) is 13.8. The molecule has 0 aliphatic heterocycles. The molecule has 0 fully saturated rings. The monoisotopic (exact) mass is 344 g/mol. The number of para-hydroxylation sites is 1. The molecule has 2 aromatic heterocycles. The minimum Gasteiger partial charge on any atom is -0.407 e. The first-order valence-corrected chi connectivity index (χ1v) is 8.19. The number of anilines is 1. The molecule has 4 rings (SSSR count). The third-order valence-corrected chi connectivity index (χ3v) is 3.94. The maximum Gasteiger partial charge on any atom is 0.322 e. The number of H-pyrrole nitrogens is 1. The standard InChI is InChI=1S/C20H16N4O2/c25-18(11-10-14-6-2-1-3-7-14)22-20-24-23-19(26-20)12-15-13-21-17-9-5-4-8-16(15)17/h1-11,13,21H,12H2,(H,22,24,25)/b11-10+. The molecule has 0 aliphatic carbocycles. The predicted octanol–water partition coefficient (Wildman–Crippen LogP) is 3.79. The molecule has 26 heavy (non-hydrogen) atoms. The maximum atomic E-state index is 12.0. The van der Waals surface area contributed by atoms with E-state index >= 15 is 0 Å². The first-order chi connectivity index (χ1) is 12.8. The molecule has 0 unspecified atom stereocenters. The van der Waals surface area contributed by atoms with Crippen molar-refractivity contribution in [2.24, 2.45) is 0 Å². The van der Waals surface area contributed by atoms with Gasteiger partial charge in [0.05, 0.1) is 6.42 Å². The normalized spacial score (nSPS) is 11.2. The van der Waals surface area contributed by atoms with Crippen molar-refractivity contribution in [3.63, 3.8) is 0 Å². The molecule has 0 bridgehead atoms. The molecule has 0 aliphatic rings. The van der Waals surface area contributed by atoms with Gasteiger partial charge in [0.15, 0.2) is 0 Å². The molecule has 0 saturated carbocycles. The van der Waals surface area contributed by atoms with Crippen molar-refractivity contribution < 1.29 is 9.21 Å². The fourth-order valence-corrected chi connectivity index (χ4v) is 2.70. The van der Waals surface area contributed by atoms with E-state index in [1.807, 2.05) is 60.8 Å². The van der Waals surface area contributed by atoms with Crippen molar-refractivity contribution in [3.05, 3.63) is 83.9 Å². The fraction of sp³-hybridized carbons (Fsp3) is 0.0500. The first-order valence-electron chi connectivity index (χ1n) is 8.19. The van der Waals surface area contributed by atoms with Crippen molar-refractivity contribution in [2.45, 2.75) is 6.42 Å². The summed E-state index contributed by atoms with van der Waals surface area (Å²) in [5, 5.41) is 11.6. The zero-order chi connectivity index (χ0) is 17.8. The van der Waals surface area contributed by atoms with E-state index in [4.69, 9.17) is 4.42 Å². The average Bonchev–Trinajstić information content (AvgIpc) is 3.28. The molecular formula is C20H16N4O2. The largest absolute Gasteiger partial charge is 0.407 e. The lowest BCUT2D eigenvalue weighted by Crippen LogP contribution is -2.07. The molecular weight excluding hydrogens is 328 g/mol. The van der Waals surface area contributed by atoms with E-state index in [2.05, 4.69) is 20.5 Å². The van der Waals surface area contributed by atoms with Crippen LogP contribution in [0.4, 0.5) is 6.01 Å². The third kappa shape index (κ3) is 3.54. The highest BCUT2D eigenvalue weighted by Gasteiger charge is 2.11. The number of hydrogen-bond acceptors (Lipinski definition) is 4. The number of nitrogens with one attached hydrogen (secondary N) is 2. The number of fused-ring (bicyclic) bond motifs is 1. The Morgan fingerprint density at radius 2 is 1.88 bits per heavy atom. The van der Waals surface area contributed by atoms with Crippen LogP contribution >= 0.6 is 0 Å². The summed E-state index contributed by atoms with van der Waals surface area (Å²) < 4.78 is 5.53. The van der Waals surface area contributed by atoms with Gasteiger partial charge in [0.2, 0.25) is 5.89 Å². The summed E-state index contributed by atoms with van der Waals surface area (Å²) in [5.41, 5.74) is 3.06. The Labute approximate surface area is 149 Å². The van der Waals surface area contributed by atoms with Crippen LogP contribution in [0.3, 0.4) is 0 Å². The van der Waals surface area contributed by atoms with Crippen LogP contribution in [-0.4, -0.2) is 21.1 Å². The number of aromatic nitrogens is 3. The molecule has 1 amide bonds. The van der Waals surface area contributed by atoms with E-state index in [9.17, 15) is 4.79 Å². The van der Waals surface area contributed by atoms with Gasteiger partial charge >= 0.3 is 6.01 Å². The summed E-state index contributed by atoms with van der Waals surface area (Å²) in [5.74, 6) is 0.119. The minimum atomic E-state index is -0.323. The Balaban J connectivity index is 1.41. The van der Waals surface area contributed by atoms with Crippen LogP contribution in [0.5, 0.6) is 0 Å². The van der Waals surface area contributed by atoms with Crippen molar-refractivity contribution in [1.29, 1.82) is 0 Å². The molecule has 128 valence electrons. The SMILES string of the molecule is O=C(/C=C/c1ccccc1)Nc1nnc(Cc2c[nH]c3ccccc23)o1. The second-order valence-corrected chi connectivity index (χ2v) is 5.77. The molecule has 0 atom stereocenters. The van der Waals surface area contributed by atoms with Crippen molar-refractivity contribution >= 4 is 28.9 Å². The van der Waals surface area contributed by atoms with Crippen LogP contribution in [-0.2, 0) is 11.2 Å². The first kappa shape index (κ1) is 15.8. The molecule has 4 aromatic rings. The smallest absolute Gasteiger partial charge is 0.322 e. The van der Waals surface area contributed by atoms with E-state index in [0.717, 1.165) is 22.0 Å². The summed E-state index contributed by atoms with van der Waals surface area (Å²) in [7, 11) is 0. The Bertz CT molecular complexity index is 1060. The van der Waals surface area contributed by atoms with Gasteiger partial charge < -0.3 is 9.40 Å². The Morgan fingerprint density at radius 1 is 1.08 bits per heavy atom. The van der Waals surface area contributed by atoms with Gasteiger partial charge in [-0.15, -0.1) is 5.10 Å². The molecule has 0 spiro atoms. The molecule has 2 aromatic carbocycles. The number of hydrogen-bond donors (Lipinski definition) is 2. The number of carbonyl (C=O) groups is 1.